The highest BCUT2D eigenvalue weighted by Gasteiger charge is 2.36. The fourth-order valence-corrected chi connectivity index (χ4v) is 3.45. The largest absolute Gasteiger partial charge is 0.331 e. The number of nitrogens with zero attached hydrogens (tertiary/aromatic N) is 4. The van der Waals surface area contributed by atoms with E-state index in [-0.39, 0.29) is 5.41 Å². The van der Waals surface area contributed by atoms with Crippen molar-refractivity contribution in [2.45, 2.75) is 44.7 Å². The van der Waals surface area contributed by atoms with E-state index in [1.54, 1.807) is 0 Å². The molecule has 3 rings (SSSR count). The first-order valence-electron chi connectivity index (χ1n) is 8.35. The highest BCUT2D eigenvalue weighted by atomic mass is 15.2. The van der Waals surface area contributed by atoms with E-state index in [0.717, 1.165) is 43.9 Å². The molecule has 1 fully saturated rings. The molecule has 0 radical (unpaired) electrons. The van der Waals surface area contributed by atoms with Crippen molar-refractivity contribution in [1.29, 1.82) is 5.26 Å². The summed E-state index contributed by atoms with van der Waals surface area (Å²) in [6.07, 6.45) is 5.70. The molecular weight excluding hydrogens is 284 g/mol. The Bertz CT molecular complexity index is 673. The number of likely N-dealkylation sites (tertiary alicyclic amines) is 1. The highest BCUT2D eigenvalue weighted by Crippen LogP contribution is 2.35. The van der Waals surface area contributed by atoms with Gasteiger partial charge in [-0.1, -0.05) is 30.3 Å². The molecule has 0 N–H and O–H groups in total. The monoisotopic (exact) mass is 308 g/mol. The molecule has 0 saturated carbocycles. The molecule has 2 heterocycles. The molecular formula is C19H24N4. The van der Waals surface area contributed by atoms with Crippen LogP contribution >= 0.6 is 0 Å². The lowest BCUT2D eigenvalue weighted by Gasteiger charge is -2.37. The van der Waals surface area contributed by atoms with Crippen molar-refractivity contribution in [3.05, 3.63) is 54.1 Å². The van der Waals surface area contributed by atoms with Gasteiger partial charge < -0.3 is 4.57 Å². The minimum atomic E-state index is -0.328. The molecule has 23 heavy (non-hydrogen) atoms. The van der Waals surface area contributed by atoms with Gasteiger partial charge in [-0.05, 0) is 32.3 Å². The number of aromatic nitrogens is 2. The van der Waals surface area contributed by atoms with Crippen LogP contribution in [0, 0.1) is 11.3 Å². The predicted molar refractivity (Wildman–Crippen MR) is 90.9 cm³/mol. The average molecular weight is 308 g/mol. The van der Waals surface area contributed by atoms with Gasteiger partial charge in [-0.2, -0.15) is 5.26 Å². The highest BCUT2D eigenvalue weighted by molar-refractivity contribution is 5.33. The molecule has 4 heteroatoms. The van der Waals surface area contributed by atoms with E-state index in [1.165, 1.54) is 0 Å². The summed E-state index contributed by atoms with van der Waals surface area (Å²) in [6.45, 7) is 7.09. The van der Waals surface area contributed by atoms with Gasteiger partial charge in [0.25, 0.3) is 0 Å². The normalized spacial score (nSPS) is 18.0. The molecule has 0 spiro atoms. The molecule has 1 aliphatic rings. The maximum Gasteiger partial charge on any atom is 0.123 e. The number of nitriles is 1. The topological polar surface area (TPSA) is 44.9 Å². The number of rotatable bonds is 4. The van der Waals surface area contributed by atoms with Gasteiger partial charge in [0.1, 0.15) is 5.82 Å². The lowest BCUT2D eigenvalue weighted by atomic mass is 9.74. The van der Waals surface area contributed by atoms with Gasteiger partial charge in [-0.25, -0.2) is 4.98 Å². The van der Waals surface area contributed by atoms with Crippen molar-refractivity contribution < 1.29 is 0 Å². The maximum absolute atomic E-state index is 9.77. The summed E-state index contributed by atoms with van der Waals surface area (Å²) in [5.74, 6) is 1.11. The van der Waals surface area contributed by atoms with Crippen molar-refractivity contribution in [2.24, 2.45) is 0 Å². The smallest absolute Gasteiger partial charge is 0.123 e. The predicted octanol–water partition coefficient (Wildman–Crippen LogP) is 3.52. The second kappa shape index (κ2) is 6.55. The second-order valence-corrected chi connectivity index (χ2v) is 6.68. The lowest BCUT2D eigenvalue weighted by molar-refractivity contribution is 0.173. The van der Waals surface area contributed by atoms with E-state index in [0.29, 0.717) is 6.04 Å². The van der Waals surface area contributed by atoms with Crippen molar-refractivity contribution in [3.8, 4) is 6.07 Å². The number of piperidine rings is 1. The Balaban J connectivity index is 1.68. The minimum absolute atomic E-state index is 0.328. The van der Waals surface area contributed by atoms with Crippen LogP contribution in [0.4, 0.5) is 0 Å². The third-order valence-corrected chi connectivity index (χ3v) is 4.92. The Hall–Kier alpha value is -2.12. The van der Waals surface area contributed by atoms with Gasteiger partial charge in [0.15, 0.2) is 0 Å². The van der Waals surface area contributed by atoms with Gasteiger partial charge in [0.05, 0.1) is 18.0 Å². The summed E-state index contributed by atoms with van der Waals surface area (Å²) >= 11 is 0. The van der Waals surface area contributed by atoms with Crippen molar-refractivity contribution in [1.82, 2.24) is 14.5 Å². The molecule has 120 valence electrons. The molecule has 1 saturated heterocycles. The van der Waals surface area contributed by atoms with Gasteiger partial charge in [-0.15, -0.1) is 0 Å². The van der Waals surface area contributed by atoms with E-state index >= 15 is 0 Å². The Morgan fingerprint density at radius 3 is 2.52 bits per heavy atom. The van der Waals surface area contributed by atoms with Crippen LogP contribution in [0.3, 0.4) is 0 Å². The van der Waals surface area contributed by atoms with Crippen molar-refractivity contribution in [3.63, 3.8) is 0 Å². The molecule has 0 bridgehead atoms. The van der Waals surface area contributed by atoms with Crippen LogP contribution in [0.2, 0.25) is 0 Å². The standard InChI is InChI=1S/C19H24N4/c1-16(2)23-13-10-21-18(23)14-22-11-8-19(15-20,9-12-22)17-6-4-3-5-7-17/h3-7,10,13,16H,8-9,11-12,14H2,1-2H3. The Kier molecular flexibility index (Phi) is 4.49. The van der Waals surface area contributed by atoms with Gasteiger partial charge in [0.2, 0.25) is 0 Å². The summed E-state index contributed by atoms with van der Waals surface area (Å²) in [5, 5.41) is 9.77. The Morgan fingerprint density at radius 1 is 1.22 bits per heavy atom. The minimum Gasteiger partial charge on any atom is -0.331 e. The molecule has 1 aliphatic heterocycles. The van der Waals surface area contributed by atoms with Crippen LogP contribution in [-0.2, 0) is 12.0 Å². The summed E-state index contributed by atoms with van der Waals surface area (Å²) in [5.41, 5.74) is 0.830. The number of hydrogen-bond donors (Lipinski definition) is 0. The summed E-state index contributed by atoms with van der Waals surface area (Å²) in [4.78, 5) is 6.92. The zero-order valence-corrected chi connectivity index (χ0v) is 13.9. The number of hydrogen-bond acceptors (Lipinski definition) is 3. The molecule has 0 atom stereocenters. The fraction of sp³-hybridized carbons (Fsp3) is 0.474. The fourth-order valence-electron chi connectivity index (χ4n) is 3.45. The van der Waals surface area contributed by atoms with E-state index < -0.39 is 0 Å². The summed E-state index contributed by atoms with van der Waals surface area (Å²) in [7, 11) is 0. The van der Waals surface area contributed by atoms with E-state index in [4.69, 9.17) is 0 Å². The van der Waals surface area contributed by atoms with Crippen LogP contribution in [0.5, 0.6) is 0 Å². The molecule has 4 nitrogen and oxygen atoms in total. The molecule has 0 amide bonds. The van der Waals surface area contributed by atoms with Crippen LogP contribution in [-0.4, -0.2) is 27.5 Å². The van der Waals surface area contributed by atoms with Crippen molar-refractivity contribution >= 4 is 0 Å². The first-order valence-corrected chi connectivity index (χ1v) is 8.35. The molecule has 1 aromatic heterocycles. The van der Waals surface area contributed by atoms with E-state index in [1.807, 2.05) is 30.6 Å². The number of benzene rings is 1. The SMILES string of the molecule is CC(C)n1ccnc1CN1CCC(C#N)(c2ccccc2)CC1. The van der Waals surface area contributed by atoms with Crippen LogP contribution in [0.15, 0.2) is 42.7 Å². The van der Waals surface area contributed by atoms with Gasteiger partial charge >= 0.3 is 0 Å². The Labute approximate surface area is 138 Å². The first kappa shape index (κ1) is 15.8. The van der Waals surface area contributed by atoms with Crippen molar-refractivity contribution in [2.75, 3.05) is 13.1 Å². The summed E-state index contributed by atoms with van der Waals surface area (Å²) in [6, 6.07) is 13.3. The van der Waals surface area contributed by atoms with Gasteiger partial charge in [-0.3, -0.25) is 4.90 Å². The van der Waals surface area contributed by atoms with Crippen LogP contribution in [0.1, 0.15) is 44.1 Å². The van der Waals surface area contributed by atoms with Gasteiger partial charge in [0, 0.05) is 31.5 Å². The third kappa shape index (κ3) is 3.16. The maximum atomic E-state index is 9.77. The second-order valence-electron chi connectivity index (χ2n) is 6.68. The molecule has 2 aromatic rings. The molecule has 0 unspecified atom stereocenters. The Morgan fingerprint density at radius 2 is 1.91 bits per heavy atom. The zero-order chi connectivity index (χ0) is 16.3. The van der Waals surface area contributed by atoms with E-state index in [2.05, 4.69) is 46.5 Å². The quantitative estimate of drug-likeness (QED) is 0.868. The van der Waals surface area contributed by atoms with E-state index in [9.17, 15) is 5.26 Å². The molecule has 0 aliphatic carbocycles. The summed E-state index contributed by atoms with van der Waals surface area (Å²) < 4.78 is 2.23. The lowest BCUT2D eigenvalue weighted by Crippen LogP contribution is -2.41. The third-order valence-electron chi connectivity index (χ3n) is 4.92. The molecule has 1 aromatic carbocycles. The zero-order valence-electron chi connectivity index (χ0n) is 13.9. The first-order chi connectivity index (χ1) is 11.1. The van der Waals surface area contributed by atoms with Crippen LogP contribution < -0.4 is 0 Å². The van der Waals surface area contributed by atoms with Crippen LogP contribution in [0.25, 0.3) is 0 Å². The average Bonchev–Trinajstić information content (AvgIpc) is 3.05. The number of imidazole rings is 1.